The molecular weight excluding hydrogens is 336 g/mol. The van der Waals surface area contributed by atoms with Crippen LogP contribution in [0.25, 0.3) is 22.3 Å². The van der Waals surface area contributed by atoms with Crippen molar-refractivity contribution in [1.82, 2.24) is 19.7 Å². The Labute approximate surface area is 150 Å². The van der Waals surface area contributed by atoms with Crippen LogP contribution < -0.4 is 5.73 Å². The van der Waals surface area contributed by atoms with E-state index in [-0.39, 0.29) is 11.7 Å². The quantitative estimate of drug-likeness (QED) is 0.720. The van der Waals surface area contributed by atoms with Crippen molar-refractivity contribution in [2.45, 2.75) is 38.2 Å². The number of alkyl halides is 2. The second kappa shape index (κ2) is 7.07. The molecule has 0 unspecified atom stereocenters. The minimum Gasteiger partial charge on any atom is -0.330 e. The average molecular weight is 357 g/mol. The molecule has 0 amide bonds. The lowest BCUT2D eigenvalue weighted by molar-refractivity contribution is 0.138. The molecule has 4 rings (SSSR count). The second-order valence-corrected chi connectivity index (χ2v) is 6.87. The van der Waals surface area contributed by atoms with Gasteiger partial charge < -0.3 is 5.73 Å². The first-order valence-electron chi connectivity index (χ1n) is 8.95. The monoisotopic (exact) mass is 357 g/mol. The van der Waals surface area contributed by atoms with Gasteiger partial charge in [0.05, 0.1) is 29.0 Å². The van der Waals surface area contributed by atoms with Crippen LogP contribution in [0.2, 0.25) is 0 Å². The molecular formula is C19H21F2N5. The number of benzene rings is 1. The Kier molecular flexibility index (Phi) is 4.63. The smallest absolute Gasteiger partial charge is 0.282 e. The van der Waals surface area contributed by atoms with Crippen LogP contribution in [0.4, 0.5) is 8.78 Å². The van der Waals surface area contributed by atoms with E-state index in [0.717, 1.165) is 31.2 Å². The van der Waals surface area contributed by atoms with Gasteiger partial charge in [-0.15, -0.1) is 0 Å². The summed E-state index contributed by atoms with van der Waals surface area (Å²) in [7, 11) is 0. The fraction of sp³-hybridized carbons (Fsp3) is 0.421. The summed E-state index contributed by atoms with van der Waals surface area (Å²) in [4.78, 5) is 8.83. The summed E-state index contributed by atoms with van der Waals surface area (Å²) in [5.74, 6) is 0.617. The first-order valence-corrected chi connectivity index (χ1v) is 8.95. The highest BCUT2D eigenvalue weighted by atomic mass is 19.3. The lowest BCUT2D eigenvalue weighted by atomic mass is 9.77. The molecule has 1 saturated carbocycles. The number of hydrogen-bond acceptors (Lipinski definition) is 4. The van der Waals surface area contributed by atoms with Crippen molar-refractivity contribution in [2.24, 2.45) is 11.7 Å². The van der Waals surface area contributed by atoms with Crippen molar-refractivity contribution in [3.63, 3.8) is 0 Å². The Balaban J connectivity index is 1.62. The lowest BCUT2D eigenvalue weighted by Crippen LogP contribution is -2.27. The van der Waals surface area contributed by atoms with Crippen molar-refractivity contribution in [3.05, 3.63) is 42.4 Å². The van der Waals surface area contributed by atoms with Crippen LogP contribution in [0.5, 0.6) is 0 Å². The third kappa shape index (κ3) is 3.19. The van der Waals surface area contributed by atoms with Gasteiger partial charge >= 0.3 is 0 Å². The van der Waals surface area contributed by atoms with Gasteiger partial charge in [-0.25, -0.2) is 13.8 Å². The molecule has 0 spiro atoms. The third-order valence-corrected chi connectivity index (χ3v) is 5.09. The Morgan fingerprint density at radius 1 is 1.19 bits per heavy atom. The predicted octanol–water partition coefficient (Wildman–Crippen LogP) is 4.12. The van der Waals surface area contributed by atoms with Crippen LogP contribution in [0.3, 0.4) is 0 Å². The Morgan fingerprint density at radius 3 is 2.69 bits per heavy atom. The molecule has 2 aromatic heterocycles. The summed E-state index contributed by atoms with van der Waals surface area (Å²) >= 11 is 0. The van der Waals surface area contributed by atoms with E-state index in [2.05, 4.69) is 15.1 Å². The highest BCUT2D eigenvalue weighted by molar-refractivity contribution is 5.77. The summed E-state index contributed by atoms with van der Waals surface area (Å²) in [6.45, 7) is 0.698. The van der Waals surface area contributed by atoms with Gasteiger partial charge in [0, 0.05) is 11.8 Å². The molecule has 0 saturated heterocycles. The number of fused-ring (bicyclic) bond motifs is 1. The topological polar surface area (TPSA) is 69.6 Å². The molecule has 0 radical (unpaired) electrons. The molecule has 26 heavy (non-hydrogen) atoms. The normalized spacial score (nSPS) is 19.8. The SMILES string of the molecule is NCCC[C@H]1C[C@H](n2cc(-c3cnc4ccccc4n3)c(C(F)F)n2)C1. The van der Waals surface area contributed by atoms with Crippen molar-refractivity contribution < 1.29 is 8.78 Å². The Bertz CT molecular complexity index is 902. The average Bonchev–Trinajstić information content (AvgIpc) is 3.05. The maximum Gasteiger partial charge on any atom is 0.282 e. The van der Waals surface area contributed by atoms with Crippen molar-refractivity contribution in [1.29, 1.82) is 0 Å². The summed E-state index contributed by atoms with van der Waals surface area (Å²) in [6.07, 6.45) is 4.63. The van der Waals surface area contributed by atoms with E-state index in [1.54, 1.807) is 17.1 Å². The van der Waals surface area contributed by atoms with E-state index in [1.807, 2.05) is 24.3 Å². The van der Waals surface area contributed by atoms with Gasteiger partial charge in [-0.1, -0.05) is 12.1 Å². The van der Waals surface area contributed by atoms with Crippen molar-refractivity contribution in [2.75, 3.05) is 6.54 Å². The molecule has 0 bridgehead atoms. The molecule has 7 heteroatoms. The molecule has 136 valence electrons. The maximum atomic E-state index is 13.5. The maximum absolute atomic E-state index is 13.5. The summed E-state index contributed by atoms with van der Waals surface area (Å²) in [5, 5.41) is 4.18. The Hall–Kier alpha value is -2.41. The lowest BCUT2D eigenvalue weighted by Gasteiger charge is -2.35. The van der Waals surface area contributed by atoms with Gasteiger partial charge in [-0.2, -0.15) is 5.10 Å². The molecule has 1 aromatic carbocycles. The van der Waals surface area contributed by atoms with Crippen LogP contribution in [-0.2, 0) is 0 Å². The number of nitrogens with two attached hydrogens (primary N) is 1. The van der Waals surface area contributed by atoms with Crippen LogP contribution in [-0.4, -0.2) is 26.3 Å². The van der Waals surface area contributed by atoms with Crippen LogP contribution in [0.1, 0.15) is 43.8 Å². The number of aromatic nitrogens is 4. The number of para-hydroxylation sites is 2. The molecule has 2 N–H and O–H groups in total. The molecule has 3 aromatic rings. The van der Waals surface area contributed by atoms with Gasteiger partial charge in [0.25, 0.3) is 6.43 Å². The first kappa shape index (κ1) is 17.0. The standard InChI is InChI=1S/C19H21F2N5/c20-19(21)18-14(17-10-23-15-5-1-2-6-16(15)24-17)11-26(25-18)13-8-12(9-13)4-3-7-22/h1-2,5-6,10-13,19H,3-4,7-9,22H2/t12-,13-. The fourth-order valence-electron chi connectivity index (χ4n) is 3.60. The Morgan fingerprint density at radius 2 is 1.96 bits per heavy atom. The number of nitrogens with zero attached hydrogens (tertiary/aromatic N) is 4. The highest BCUT2D eigenvalue weighted by Gasteiger charge is 2.32. The van der Waals surface area contributed by atoms with Gasteiger partial charge in [-0.3, -0.25) is 9.67 Å². The van der Waals surface area contributed by atoms with Crippen molar-refractivity contribution >= 4 is 11.0 Å². The first-order chi connectivity index (χ1) is 12.7. The van der Waals surface area contributed by atoms with Crippen molar-refractivity contribution in [3.8, 4) is 11.3 Å². The van der Waals surface area contributed by atoms with Gasteiger partial charge in [-0.05, 0) is 50.3 Å². The van der Waals surface area contributed by atoms with E-state index < -0.39 is 6.43 Å². The summed E-state index contributed by atoms with van der Waals surface area (Å²) in [6, 6.07) is 7.58. The molecule has 5 nitrogen and oxygen atoms in total. The highest BCUT2D eigenvalue weighted by Crippen LogP contribution is 2.41. The van der Waals surface area contributed by atoms with E-state index in [0.29, 0.717) is 29.2 Å². The van der Waals surface area contributed by atoms with Crippen LogP contribution in [0.15, 0.2) is 36.7 Å². The summed E-state index contributed by atoms with van der Waals surface area (Å²) < 4.78 is 28.7. The zero-order valence-electron chi connectivity index (χ0n) is 14.4. The fourth-order valence-corrected chi connectivity index (χ4v) is 3.60. The molecule has 1 fully saturated rings. The van der Waals surface area contributed by atoms with E-state index >= 15 is 0 Å². The minimum absolute atomic E-state index is 0.178. The molecule has 2 heterocycles. The number of rotatable bonds is 6. The van der Waals surface area contributed by atoms with Crippen LogP contribution in [0, 0.1) is 5.92 Å². The molecule has 0 aliphatic heterocycles. The van der Waals surface area contributed by atoms with E-state index in [9.17, 15) is 8.78 Å². The molecule has 1 aliphatic carbocycles. The van der Waals surface area contributed by atoms with Gasteiger partial charge in [0.1, 0.15) is 5.69 Å². The van der Waals surface area contributed by atoms with Gasteiger partial charge in [0.2, 0.25) is 0 Å². The van der Waals surface area contributed by atoms with E-state index in [1.165, 1.54) is 0 Å². The predicted molar refractivity (Wildman–Crippen MR) is 95.8 cm³/mol. The molecule has 0 atom stereocenters. The van der Waals surface area contributed by atoms with Crippen LogP contribution >= 0.6 is 0 Å². The van der Waals surface area contributed by atoms with Gasteiger partial charge in [0.15, 0.2) is 0 Å². The number of hydrogen-bond donors (Lipinski definition) is 1. The second-order valence-electron chi connectivity index (χ2n) is 6.87. The van der Waals surface area contributed by atoms with E-state index in [4.69, 9.17) is 5.73 Å². The summed E-state index contributed by atoms with van der Waals surface area (Å²) in [5.41, 5.74) is 7.55. The molecule has 1 aliphatic rings. The number of halogens is 2. The third-order valence-electron chi connectivity index (χ3n) is 5.09. The minimum atomic E-state index is -2.65. The zero-order valence-corrected chi connectivity index (χ0v) is 14.4. The largest absolute Gasteiger partial charge is 0.330 e. The zero-order chi connectivity index (χ0) is 18.1.